The third-order valence-corrected chi connectivity index (χ3v) is 6.00. The highest BCUT2D eigenvalue weighted by Crippen LogP contribution is 2.43. The van der Waals surface area contributed by atoms with Gasteiger partial charge in [-0.05, 0) is 34.9 Å². The van der Waals surface area contributed by atoms with Crippen molar-refractivity contribution < 1.29 is 4.74 Å². The molecule has 4 aromatic carbocycles. The summed E-state index contributed by atoms with van der Waals surface area (Å²) in [6.45, 7) is 4.04. The molecule has 5 rings (SSSR count). The number of hydrogen-bond acceptors (Lipinski definition) is 2. The van der Waals surface area contributed by atoms with E-state index in [-0.39, 0.29) is 0 Å². The van der Waals surface area contributed by atoms with Crippen molar-refractivity contribution in [1.29, 1.82) is 0 Å². The van der Waals surface area contributed by atoms with E-state index in [0.29, 0.717) is 0 Å². The SMILES string of the molecule is C=Cc1nn(C(c2ccccc2)(c2ccccc2)c2ccccc2)c2cccc(OC)c12. The second-order valence-electron chi connectivity index (χ2n) is 7.66. The molecule has 0 atom stereocenters. The molecule has 3 heteroatoms. The van der Waals surface area contributed by atoms with Gasteiger partial charge in [-0.1, -0.05) is 104 Å². The van der Waals surface area contributed by atoms with Gasteiger partial charge in [-0.2, -0.15) is 5.10 Å². The lowest BCUT2D eigenvalue weighted by atomic mass is 9.77. The van der Waals surface area contributed by atoms with Crippen LogP contribution in [0.4, 0.5) is 0 Å². The Bertz CT molecular complexity index is 1260. The Morgan fingerprint density at radius 2 is 1.22 bits per heavy atom. The van der Waals surface area contributed by atoms with Gasteiger partial charge in [0.05, 0.1) is 23.7 Å². The van der Waals surface area contributed by atoms with Crippen molar-refractivity contribution in [3.05, 3.63) is 138 Å². The fourth-order valence-electron chi connectivity index (χ4n) is 4.64. The van der Waals surface area contributed by atoms with Crippen LogP contribution in [0.5, 0.6) is 5.75 Å². The summed E-state index contributed by atoms with van der Waals surface area (Å²) < 4.78 is 7.84. The van der Waals surface area contributed by atoms with Gasteiger partial charge in [-0.25, -0.2) is 4.68 Å². The largest absolute Gasteiger partial charge is 0.496 e. The first-order valence-corrected chi connectivity index (χ1v) is 10.7. The molecule has 0 spiro atoms. The van der Waals surface area contributed by atoms with Crippen LogP contribution in [0.25, 0.3) is 17.0 Å². The average Bonchev–Trinajstić information content (AvgIpc) is 3.26. The smallest absolute Gasteiger partial charge is 0.138 e. The van der Waals surface area contributed by atoms with Crippen molar-refractivity contribution >= 4 is 17.0 Å². The molecule has 0 aliphatic carbocycles. The Hall–Kier alpha value is -4.11. The summed E-state index contributed by atoms with van der Waals surface area (Å²) >= 11 is 0. The lowest BCUT2D eigenvalue weighted by molar-refractivity contribution is 0.419. The molecule has 5 aromatic rings. The molecule has 3 nitrogen and oxygen atoms in total. The van der Waals surface area contributed by atoms with E-state index in [2.05, 4.69) is 90.1 Å². The Labute approximate surface area is 188 Å². The summed E-state index contributed by atoms with van der Waals surface area (Å²) in [6, 6.07) is 37.7. The van der Waals surface area contributed by atoms with Crippen LogP contribution in [-0.4, -0.2) is 16.9 Å². The molecule has 0 aliphatic rings. The topological polar surface area (TPSA) is 27.1 Å². The molecule has 0 unspecified atom stereocenters. The Morgan fingerprint density at radius 1 is 0.719 bits per heavy atom. The Morgan fingerprint density at radius 3 is 1.66 bits per heavy atom. The minimum absolute atomic E-state index is 0.685. The van der Waals surface area contributed by atoms with Gasteiger partial charge in [0.25, 0.3) is 0 Å². The predicted octanol–water partition coefficient (Wildman–Crippen LogP) is 6.53. The first-order valence-electron chi connectivity index (χ1n) is 10.7. The van der Waals surface area contributed by atoms with Crippen molar-refractivity contribution in [2.24, 2.45) is 0 Å². The van der Waals surface area contributed by atoms with Gasteiger partial charge in [0, 0.05) is 0 Å². The second kappa shape index (κ2) is 8.20. The molecule has 0 aliphatic heterocycles. The van der Waals surface area contributed by atoms with E-state index < -0.39 is 5.54 Å². The molecule has 32 heavy (non-hydrogen) atoms. The van der Waals surface area contributed by atoms with Gasteiger partial charge in [-0.3, -0.25) is 0 Å². The molecule has 0 bridgehead atoms. The summed E-state index contributed by atoms with van der Waals surface area (Å²) in [6.07, 6.45) is 1.80. The highest BCUT2D eigenvalue weighted by atomic mass is 16.5. The van der Waals surface area contributed by atoms with E-state index in [9.17, 15) is 0 Å². The summed E-state index contributed by atoms with van der Waals surface area (Å²) in [7, 11) is 1.69. The summed E-state index contributed by atoms with van der Waals surface area (Å²) in [5.74, 6) is 0.784. The number of methoxy groups -OCH3 is 1. The molecular formula is C29H24N2O. The van der Waals surface area contributed by atoms with Crippen molar-refractivity contribution in [3.8, 4) is 5.75 Å². The normalized spacial score (nSPS) is 11.4. The summed E-state index contributed by atoms with van der Waals surface area (Å²) in [5, 5.41) is 6.09. The van der Waals surface area contributed by atoms with Crippen LogP contribution in [0.2, 0.25) is 0 Å². The van der Waals surface area contributed by atoms with Gasteiger partial charge in [0.1, 0.15) is 11.3 Å². The first kappa shape index (κ1) is 19.8. The zero-order valence-electron chi connectivity index (χ0n) is 18.0. The Balaban J connectivity index is 2.00. The number of hydrogen-bond donors (Lipinski definition) is 0. The van der Waals surface area contributed by atoms with E-state index in [1.165, 1.54) is 0 Å². The minimum atomic E-state index is -0.685. The van der Waals surface area contributed by atoms with Gasteiger partial charge in [0.2, 0.25) is 0 Å². The maximum absolute atomic E-state index is 5.71. The van der Waals surface area contributed by atoms with Crippen LogP contribution in [-0.2, 0) is 5.54 Å². The second-order valence-corrected chi connectivity index (χ2v) is 7.66. The van der Waals surface area contributed by atoms with Crippen LogP contribution in [0.15, 0.2) is 116 Å². The number of fused-ring (bicyclic) bond motifs is 1. The third kappa shape index (κ3) is 2.94. The average molecular weight is 417 g/mol. The predicted molar refractivity (Wildman–Crippen MR) is 131 cm³/mol. The maximum atomic E-state index is 5.71. The van der Waals surface area contributed by atoms with Crippen molar-refractivity contribution in [1.82, 2.24) is 9.78 Å². The number of aromatic nitrogens is 2. The molecule has 0 fully saturated rings. The molecule has 0 amide bonds. The van der Waals surface area contributed by atoms with E-state index in [4.69, 9.17) is 9.84 Å². The van der Waals surface area contributed by atoms with E-state index in [1.807, 2.05) is 30.3 Å². The van der Waals surface area contributed by atoms with Gasteiger partial charge in [-0.15, -0.1) is 0 Å². The molecule has 156 valence electrons. The van der Waals surface area contributed by atoms with E-state index in [1.54, 1.807) is 13.2 Å². The van der Waals surface area contributed by atoms with E-state index >= 15 is 0 Å². The number of rotatable bonds is 6. The number of benzene rings is 4. The molecule has 0 N–H and O–H groups in total. The monoisotopic (exact) mass is 416 g/mol. The van der Waals surface area contributed by atoms with Crippen LogP contribution < -0.4 is 4.74 Å². The van der Waals surface area contributed by atoms with Crippen molar-refractivity contribution in [3.63, 3.8) is 0 Å². The zero-order valence-corrected chi connectivity index (χ0v) is 18.0. The van der Waals surface area contributed by atoms with Crippen LogP contribution in [0, 0.1) is 0 Å². The summed E-state index contributed by atoms with van der Waals surface area (Å²) in [5.41, 5.74) is 4.47. The fraction of sp³-hybridized carbons (Fsp3) is 0.0690. The van der Waals surface area contributed by atoms with E-state index in [0.717, 1.165) is 39.0 Å². The highest BCUT2D eigenvalue weighted by Gasteiger charge is 2.40. The van der Waals surface area contributed by atoms with Crippen molar-refractivity contribution in [2.45, 2.75) is 5.54 Å². The van der Waals surface area contributed by atoms with Crippen molar-refractivity contribution in [2.75, 3.05) is 7.11 Å². The van der Waals surface area contributed by atoms with Gasteiger partial charge >= 0.3 is 0 Å². The number of nitrogens with zero attached hydrogens (tertiary/aromatic N) is 2. The quantitative estimate of drug-likeness (QED) is 0.294. The maximum Gasteiger partial charge on any atom is 0.138 e. The lowest BCUT2D eigenvalue weighted by Crippen LogP contribution is -2.38. The molecule has 0 radical (unpaired) electrons. The third-order valence-electron chi connectivity index (χ3n) is 6.00. The zero-order chi connectivity index (χ0) is 22.0. The van der Waals surface area contributed by atoms with Gasteiger partial charge in [0.15, 0.2) is 0 Å². The van der Waals surface area contributed by atoms with Gasteiger partial charge < -0.3 is 4.74 Å². The van der Waals surface area contributed by atoms with Crippen LogP contribution >= 0.6 is 0 Å². The highest BCUT2D eigenvalue weighted by molar-refractivity contribution is 5.93. The molecule has 1 heterocycles. The Kier molecular flexibility index (Phi) is 5.08. The minimum Gasteiger partial charge on any atom is -0.496 e. The molecule has 0 saturated carbocycles. The lowest BCUT2D eigenvalue weighted by Gasteiger charge is -2.37. The molecule has 1 aromatic heterocycles. The standard InChI is InChI=1S/C29H24N2O/c1-3-25-28-26(20-13-21-27(28)32-2)31(30-25)29(22-14-7-4-8-15-22,23-16-9-5-10-17-23)24-18-11-6-12-19-24/h3-21H,1H2,2H3. The molecule has 0 saturated heterocycles. The van der Waals surface area contributed by atoms with Crippen LogP contribution in [0.1, 0.15) is 22.4 Å². The number of ether oxygens (including phenoxy) is 1. The summed E-state index contributed by atoms with van der Waals surface area (Å²) in [4.78, 5) is 0. The fourth-order valence-corrected chi connectivity index (χ4v) is 4.64. The molecular weight excluding hydrogens is 392 g/mol. The first-order chi connectivity index (χ1) is 15.8. The van der Waals surface area contributed by atoms with Crippen LogP contribution in [0.3, 0.4) is 0 Å².